The molecule has 1 fully saturated rings. The zero-order valence-corrected chi connectivity index (χ0v) is 12.5. The number of rotatable bonds is 5. The molecule has 1 aliphatic heterocycles. The van der Waals surface area contributed by atoms with Crippen LogP contribution in [0.15, 0.2) is 18.3 Å². The Morgan fingerprint density at radius 2 is 2.21 bits per heavy atom. The van der Waals surface area contributed by atoms with E-state index in [0.717, 1.165) is 18.9 Å². The zero-order chi connectivity index (χ0) is 13.7. The molecular weight excluding hydrogens is 234 g/mol. The average molecular weight is 261 g/mol. The van der Waals surface area contributed by atoms with Gasteiger partial charge in [0.25, 0.3) is 0 Å². The Labute approximate surface area is 117 Å². The molecule has 0 aromatic carbocycles. The van der Waals surface area contributed by atoms with Gasteiger partial charge in [-0.2, -0.15) is 0 Å². The summed E-state index contributed by atoms with van der Waals surface area (Å²) in [6.45, 7) is 8.68. The molecular formula is C16H27N3. The van der Waals surface area contributed by atoms with Crippen molar-refractivity contribution in [2.24, 2.45) is 0 Å². The Kier molecular flexibility index (Phi) is 5.20. The summed E-state index contributed by atoms with van der Waals surface area (Å²) in [5.74, 6) is 1.15. The third-order valence-electron chi connectivity index (χ3n) is 3.92. The maximum atomic E-state index is 4.66. The van der Waals surface area contributed by atoms with Crippen LogP contribution < -0.4 is 10.2 Å². The fraction of sp³-hybridized carbons (Fsp3) is 0.688. The van der Waals surface area contributed by atoms with Gasteiger partial charge in [-0.1, -0.05) is 26.8 Å². The van der Waals surface area contributed by atoms with Crippen molar-refractivity contribution in [1.82, 2.24) is 10.3 Å². The number of piperidine rings is 1. The van der Waals surface area contributed by atoms with E-state index in [2.05, 4.69) is 48.1 Å². The van der Waals surface area contributed by atoms with E-state index in [1.807, 2.05) is 6.20 Å². The van der Waals surface area contributed by atoms with Gasteiger partial charge in [-0.15, -0.1) is 0 Å². The lowest BCUT2D eigenvalue weighted by Crippen LogP contribution is -2.39. The topological polar surface area (TPSA) is 28.2 Å². The molecule has 0 aliphatic carbocycles. The van der Waals surface area contributed by atoms with Crippen LogP contribution in [0.1, 0.15) is 52.0 Å². The van der Waals surface area contributed by atoms with Crippen LogP contribution in [0.2, 0.25) is 0 Å². The maximum Gasteiger partial charge on any atom is 0.128 e. The second-order valence-corrected chi connectivity index (χ2v) is 5.81. The first-order valence-corrected chi connectivity index (χ1v) is 7.65. The summed E-state index contributed by atoms with van der Waals surface area (Å²) in [7, 11) is 0. The number of aromatic nitrogens is 1. The van der Waals surface area contributed by atoms with Crippen molar-refractivity contribution in [2.45, 2.75) is 65.1 Å². The molecule has 19 heavy (non-hydrogen) atoms. The van der Waals surface area contributed by atoms with Crippen LogP contribution in [0.25, 0.3) is 0 Å². The Hall–Kier alpha value is -1.09. The van der Waals surface area contributed by atoms with E-state index in [1.165, 1.54) is 31.2 Å². The van der Waals surface area contributed by atoms with Gasteiger partial charge in [0.15, 0.2) is 0 Å². The van der Waals surface area contributed by atoms with Crippen molar-refractivity contribution in [1.29, 1.82) is 0 Å². The minimum atomic E-state index is 0.520. The standard InChI is InChI=1S/C16H27N3/c1-4-15-7-5-6-10-19(15)16-9-8-14(12-18-16)11-17-13(2)3/h8-9,12-13,15,17H,4-7,10-11H2,1-3H3. The minimum absolute atomic E-state index is 0.520. The van der Waals surface area contributed by atoms with Crippen molar-refractivity contribution in [3.63, 3.8) is 0 Å². The highest BCUT2D eigenvalue weighted by Gasteiger charge is 2.21. The van der Waals surface area contributed by atoms with Gasteiger partial charge in [-0.3, -0.25) is 0 Å². The van der Waals surface area contributed by atoms with Crippen LogP contribution in [0.5, 0.6) is 0 Å². The predicted octanol–water partition coefficient (Wildman–Crippen LogP) is 3.35. The van der Waals surface area contributed by atoms with Gasteiger partial charge in [-0.25, -0.2) is 4.98 Å². The molecule has 1 unspecified atom stereocenters. The highest BCUT2D eigenvalue weighted by atomic mass is 15.2. The number of anilines is 1. The van der Waals surface area contributed by atoms with Crippen molar-refractivity contribution in [3.05, 3.63) is 23.9 Å². The van der Waals surface area contributed by atoms with Gasteiger partial charge in [0.2, 0.25) is 0 Å². The first kappa shape index (κ1) is 14.3. The van der Waals surface area contributed by atoms with Crippen LogP contribution in [0, 0.1) is 0 Å². The van der Waals surface area contributed by atoms with E-state index in [1.54, 1.807) is 0 Å². The van der Waals surface area contributed by atoms with Crippen molar-refractivity contribution >= 4 is 5.82 Å². The van der Waals surface area contributed by atoms with E-state index in [-0.39, 0.29) is 0 Å². The molecule has 2 heterocycles. The summed E-state index contributed by atoms with van der Waals surface area (Å²) in [5.41, 5.74) is 1.27. The smallest absolute Gasteiger partial charge is 0.128 e. The molecule has 3 heteroatoms. The first-order valence-electron chi connectivity index (χ1n) is 7.65. The van der Waals surface area contributed by atoms with Crippen molar-refractivity contribution in [2.75, 3.05) is 11.4 Å². The summed E-state index contributed by atoms with van der Waals surface area (Å²) in [4.78, 5) is 7.15. The summed E-state index contributed by atoms with van der Waals surface area (Å²) in [6, 6.07) is 5.59. The first-order chi connectivity index (χ1) is 9.20. The molecule has 1 saturated heterocycles. The molecule has 106 valence electrons. The van der Waals surface area contributed by atoms with E-state index in [0.29, 0.717) is 12.1 Å². The Balaban J connectivity index is 2.00. The Morgan fingerprint density at radius 3 is 2.84 bits per heavy atom. The lowest BCUT2D eigenvalue weighted by Gasteiger charge is -2.36. The lowest BCUT2D eigenvalue weighted by atomic mass is 10.00. The van der Waals surface area contributed by atoms with E-state index >= 15 is 0 Å². The second kappa shape index (κ2) is 6.90. The van der Waals surface area contributed by atoms with Crippen LogP contribution in [-0.4, -0.2) is 23.6 Å². The van der Waals surface area contributed by atoms with Crippen LogP contribution >= 0.6 is 0 Å². The molecule has 0 bridgehead atoms. The normalized spacial score (nSPS) is 20.0. The number of nitrogens with one attached hydrogen (secondary N) is 1. The van der Waals surface area contributed by atoms with Crippen LogP contribution in [-0.2, 0) is 6.54 Å². The van der Waals surface area contributed by atoms with Gasteiger partial charge in [0.1, 0.15) is 5.82 Å². The molecule has 0 saturated carbocycles. The Bertz CT molecular complexity index is 372. The lowest BCUT2D eigenvalue weighted by molar-refractivity contribution is 0.446. The van der Waals surface area contributed by atoms with Gasteiger partial charge in [0.05, 0.1) is 0 Å². The molecule has 3 nitrogen and oxygen atoms in total. The van der Waals surface area contributed by atoms with Crippen LogP contribution in [0.4, 0.5) is 5.82 Å². The molecule has 0 radical (unpaired) electrons. The highest BCUT2D eigenvalue weighted by molar-refractivity contribution is 5.41. The van der Waals surface area contributed by atoms with Crippen molar-refractivity contribution < 1.29 is 0 Å². The largest absolute Gasteiger partial charge is 0.354 e. The molecule has 1 aromatic heterocycles. The fourth-order valence-electron chi connectivity index (χ4n) is 2.74. The summed E-state index contributed by atoms with van der Waals surface area (Å²) >= 11 is 0. The van der Waals surface area contributed by atoms with Gasteiger partial charge in [-0.05, 0) is 37.3 Å². The second-order valence-electron chi connectivity index (χ2n) is 5.81. The zero-order valence-electron chi connectivity index (χ0n) is 12.5. The van der Waals surface area contributed by atoms with Gasteiger partial charge >= 0.3 is 0 Å². The third-order valence-corrected chi connectivity index (χ3v) is 3.92. The van der Waals surface area contributed by atoms with Gasteiger partial charge in [0, 0.05) is 31.4 Å². The third kappa shape index (κ3) is 3.93. The monoisotopic (exact) mass is 261 g/mol. The van der Waals surface area contributed by atoms with E-state index in [9.17, 15) is 0 Å². The SMILES string of the molecule is CCC1CCCCN1c1ccc(CNC(C)C)cn1. The fourth-order valence-corrected chi connectivity index (χ4v) is 2.74. The minimum Gasteiger partial charge on any atom is -0.354 e. The number of pyridine rings is 1. The molecule has 0 spiro atoms. The summed E-state index contributed by atoms with van der Waals surface area (Å²) in [5, 5.41) is 3.43. The molecule has 0 amide bonds. The van der Waals surface area contributed by atoms with Crippen molar-refractivity contribution in [3.8, 4) is 0 Å². The number of hydrogen-bond donors (Lipinski definition) is 1. The van der Waals surface area contributed by atoms with E-state index in [4.69, 9.17) is 0 Å². The predicted molar refractivity (Wildman–Crippen MR) is 81.5 cm³/mol. The highest BCUT2D eigenvalue weighted by Crippen LogP contribution is 2.24. The average Bonchev–Trinajstić information content (AvgIpc) is 2.45. The molecule has 2 rings (SSSR count). The molecule has 1 aromatic rings. The van der Waals surface area contributed by atoms with E-state index < -0.39 is 0 Å². The summed E-state index contributed by atoms with van der Waals surface area (Å²) < 4.78 is 0. The molecule has 1 N–H and O–H groups in total. The quantitative estimate of drug-likeness (QED) is 0.881. The van der Waals surface area contributed by atoms with Gasteiger partial charge < -0.3 is 10.2 Å². The molecule has 1 aliphatic rings. The number of hydrogen-bond acceptors (Lipinski definition) is 3. The van der Waals surface area contributed by atoms with Crippen LogP contribution in [0.3, 0.4) is 0 Å². The Morgan fingerprint density at radius 1 is 1.37 bits per heavy atom. The maximum absolute atomic E-state index is 4.66. The molecule has 1 atom stereocenters. The number of nitrogens with zero attached hydrogens (tertiary/aromatic N) is 2. The summed E-state index contributed by atoms with van der Waals surface area (Å²) in [6.07, 6.45) is 7.22.